The van der Waals surface area contributed by atoms with Gasteiger partial charge in [0.25, 0.3) is 0 Å². The molecule has 1 aromatic carbocycles. The molecule has 0 radical (unpaired) electrons. The summed E-state index contributed by atoms with van der Waals surface area (Å²) < 4.78 is 26.8. The molecule has 0 fully saturated rings. The lowest BCUT2D eigenvalue weighted by molar-refractivity contribution is 0.585. The van der Waals surface area contributed by atoms with E-state index in [-0.39, 0.29) is 11.6 Å². The maximum atomic E-state index is 13.8. The van der Waals surface area contributed by atoms with E-state index in [1.807, 2.05) is 6.92 Å². The minimum atomic E-state index is -0.638. The van der Waals surface area contributed by atoms with Gasteiger partial charge in [0, 0.05) is 24.2 Å². The molecule has 0 saturated heterocycles. The van der Waals surface area contributed by atoms with Crippen LogP contribution in [-0.2, 0) is 0 Å². The molecule has 0 bridgehead atoms. The van der Waals surface area contributed by atoms with Gasteiger partial charge in [0.1, 0.15) is 29.3 Å². The highest BCUT2D eigenvalue weighted by atomic mass is 19.1. The fraction of sp³-hybridized carbons (Fsp3) is 0.231. The average Bonchev–Trinajstić information content (AvgIpc) is 2.38. The SMILES string of the molecule is CC1CNc2c(ncnc2-c2ccc(F)cc2F)N1. The van der Waals surface area contributed by atoms with Crippen LogP contribution in [0.4, 0.5) is 20.3 Å². The van der Waals surface area contributed by atoms with Crippen LogP contribution in [0, 0.1) is 11.6 Å². The highest BCUT2D eigenvalue weighted by molar-refractivity contribution is 5.83. The number of anilines is 2. The van der Waals surface area contributed by atoms with Crippen LogP contribution in [0.15, 0.2) is 24.5 Å². The minimum absolute atomic E-state index is 0.230. The maximum absolute atomic E-state index is 13.8. The normalized spacial score (nSPS) is 17.3. The number of hydrogen-bond acceptors (Lipinski definition) is 4. The molecular weight excluding hydrogens is 250 g/mol. The molecule has 6 heteroatoms. The van der Waals surface area contributed by atoms with Crippen molar-refractivity contribution in [2.75, 3.05) is 17.2 Å². The van der Waals surface area contributed by atoms with Crippen molar-refractivity contribution in [2.45, 2.75) is 13.0 Å². The molecule has 2 aromatic rings. The Labute approximate surface area is 108 Å². The molecule has 4 nitrogen and oxygen atoms in total. The van der Waals surface area contributed by atoms with Crippen LogP contribution in [0.2, 0.25) is 0 Å². The first kappa shape index (κ1) is 11.8. The average molecular weight is 262 g/mol. The van der Waals surface area contributed by atoms with Crippen LogP contribution in [0.1, 0.15) is 6.92 Å². The topological polar surface area (TPSA) is 49.8 Å². The van der Waals surface area contributed by atoms with E-state index >= 15 is 0 Å². The van der Waals surface area contributed by atoms with Gasteiger partial charge in [-0.25, -0.2) is 18.7 Å². The highest BCUT2D eigenvalue weighted by Crippen LogP contribution is 2.34. The van der Waals surface area contributed by atoms with Gasteiger partial charge in [-0.1, -0.05) is 0 Å². The lowest BCUT2D eigenvalue weighted by Crippen LogP contribution is -2.31. The van der Waals surface area contributed by atoms with Gasteiger partial charge in [-0.15, -0.1) is 0 Å². The number of nitrogens with zero attached hydrogens (tertiary/aromatic N) is 2. The van der Waals surface area contributed by atoms with Crippen molar-refractivity contribution in [1.82, 2.24) is 9.97 Å². The summed E-state index contributed by atoms with van der Waals surface area (Å²) in [5, 5.41) is 6.36. The van der Waals surface area contributed by atoms with Crippen molar-refractivity contribution in [3.05, 3.63) is 36.2 Å². The van der Waals surface area contributed by atoms with Gasteiger partial charge in [-0.2, -0.15) is 0 Å². The molecular formula is C13H12F2N4. The third kappa shape index (κ3) is 2.09. The standard InChI is InChI=1S/C13H12F2N4/c1-7-5-16-12-11(17-6-18-13(12)19-7)9-3-2-8(14)4-10(9)15/h2-4,6-7,16H,5H2,1H3,(H,17,18,19). The van der Waals surface area contributed by atoms with E-state index in [0.717, 1.165) is 6.07 Å². The fourth-order valence-electron chi connectivity index (χ4n) is 2.09. The van der Waals surface area contributed by atoms with Gasteiger partial charge < -0.3 is 10.6 Å². The molecule has 0 saturated carbocycles. The van der Waals surface area contributed by atoms with E-state index < -0.39 is 11.6 Å². The zero-order chi connectivity index (χ0) is 13.4. The van der Waals surface area contributed by atoms with Gasteiger partial charge in [-0.05, 0) is 19.1 Å². The molecule has 2 N–H and O–H groups in total. The molecule has 0 amide bonds. The summed E-state index contributed by atoms with van der Waals surface area (Å²) in [4.78, 5) is 8.22. The van der Waals surface area contributed by atoms with E-state index in [0.29, 0.717) is 23.7 Å². The highest BCUT2D eigenvalue weighted by Gasteiger charge is 2.21. The Balaban J connectivity index is 2.13. The Morgan fingerprint density at radius 2 is 2.11 bits per heavy atom. The van der Waals surface area contributed by atoms with E-state index in [1.165, 1.54) is 18.5 Å². The number of hydrogen-bond donors (Lipinski definition) is 2. The van der Waals surface area contributed by atoms with Crippen molar-refractivity contribution in [3.8, 4) is 11.3 Å². The predicted octanol–water partition coefficient (Wildman–Crippen LogP) is 2.65. The predicted molar refractivity (Wildman–Crippen MR) is 69.0 cm³/mol. The first-order chi connectivity index (χ1) is 9.15. The van der Waals surface area contributed by atoms with E-state index in [9.17, 15) is 8.78 Å². The van der Waals surface area contributed by atoms with E-state index in [2.05, 4.69) is 20.6 Å². The number of halogens is 2. The molecule has 0 aliphatic carbocycles. The molecule has 2 heterocycles. The summed E-state index contributed by atoms with van der Waals surface area (Å²) in [6.45, 7) is 2.70. The first-order valence-corrected chi connectivity index (χ1v) is 5.96. The molecule has 0 spiro atoms. The van der Waals surface area contributed by atoms with Gasteiger partial charge in [0.15, 0.2) is 5.82 Å². The Kier molecular flexibility index (Phi) is 2.77. The second kappa shape index (κ2) is 4.46. The number of benzene rings is 1. The zero-order valence-electron chi connectivity index (χ0n) is 10.2. The minimum Gasteiger partial charge on any atom is -0.378 e. The smallest absolute Gasteiger partial charge is 0.153 e. The molecule has 1 aliphatic rings. The van der Waals surface area contributed by atoms with Crippen LogP contribution < -0.4 is 10.6 Å². The van der Waals surface area contributed by atoms with Gasteiger partial charge in [0.05, 0.1) is 0 Å². The van der Waals surface area contributed by atoms with Gasteiger partial charge >= 0.3 is 0 Å². The van der Waals surface area contributed by atoms with Crippen molar-refractivity contribution in [1.29, 1.82) is 0 Å². The Morgan fingerprint density at radius 1 is 1.26 bits per heavy atom. The van der Waals surface area contributed by atoms with Crippen LogP contribution in [-0.4, -0.2) is 22.6 Å². The lowest BCUT2D eigenvalue weighted by Gasteiger charge is -2.25. The largest absolute Gasteiger partial charge is 0.378 e. The Hall–Kier alpha value is -2.24. The van der Waals surface area contributed by atoms with Crippen molar-refractivity contribution in [2.24, 2.45) is 0 Å². The number of rotatable bonds is 1. The summed E-state index contributed by atoms with van der Waals surface area (Å²) >= 11 is 0. The summed E-state index contributed by atoms with van der Waals surface area (Å²) in [6.07, 6.45) is 1.36. The second-order valence-electron chi connectivity index (χ2n) is 4.50. The second-order valence-corrected chi connectivity index (χ2v) is 4.50. The van der Waals surface area contributed by atoms with E-state index in [4.69, 9.17) is 0 Å². The third-order valence-electron chi connectivity index (χ3n) is 3.00. The summed E-state index contributed by atoms with van der Waals surface area (Å²) in [6, 6.07) is 3.68. The first-order valence-electron chi connectivity index (χ1n) is 5.96. The van der Waals surface area contributed by atoms with Gasteiger partial charge in [0.2, 0.25) is 0 Å². The number of nitrogens with one attached hydrogen (secondary N) is 2. The monoisotopic (exact) mass is 262 g/mol. The van der Waals surface area contributed by atoms with Crippen molar-refractivity contribution in [3.63, 3.8) is 0 Å². The Bertz CT molecular complexity index is 630. The quantitative estimate of drug-likeness (QED) is 0.829. The van der Waals surface area contributed by atoms with Crippen LogP contribution in [0.5, 0.6) is 0 Å². The summed E-state index contributed by atoms with van der Waals surface area (Å²) in [5.41, 5.74) is 1.33. The number of fused-ring (bicyclic) bond motifs is 1. The van der Waals surface area contributed by atoms with Crippen LogP contribution in [0.25, 0.3) is 11.3 Å². The lowest BCUT2D eigenvalue weighted by atomic mass is 10.1. The molecule has 3 rings (SSSR count). The van der Waals surface area contributed by atoms with E-state index in [1.54, 1.807) is 0 Å². The third-order valence-corrected chi connectivity index (χ3v) is 3.00. The summed E-state index contributed by atoms with van der Waals surface area (Å²) in [7, 11) is 0. The van der Waals surface area contributed by atoms with Crippen molar-refractivity contribution >= 4 is 11.5 Å². The molecule has 19 heavy (non-hydrogen) atoms. The molecule has 1 aromatic heterocycles. The van der Waals surface area contributed by atoms with Crippen LogP contribution >= 0.6 is 0 Å². The zero-order valence-corrected chi connectivity index (χ0v) is 10.2. The Morgan fingerprint density at radius 3 is 2.89 bits per heavy atom. The molecule has 1 aliphatic heterocycles. The number of aromatic nitrogens is 2. The maximum Gasteiger partial charge on any atom is 0.153 e. The van der Waals surface area contributed by atoms with Crippen LogP contribution in [0.3, 0.4) is 0 Å². The molecule has 1 unspecified atom stereocenters. The molecule has 98 valence electrons. The fourth-order valence-corrected chi connectivity index (χ4v) is 2.09. The summed E-state index contributed by atoms with van der Waals surface area (Å²) in [5.74, 6) is -0.613. The van der Waals surface area contributed by atoms with Crippen molar-refractivity contribution < 1.29 is 8.78 Å². The molecule has 1 atom stereocenters. The van der Waals surface area contributed by atoms with Gasteiger partial charge in [-0.3, -0.25) is 0 Å².